The van der Waals surface area contributed by atoms with Crippen LogP contribution < -0.4 is 4.74 Å². The zero-order valence-corrected chi connectivity index (χ0v) is 12.7. The second-order valence-corrected chi connectivity index (χ2v) is 4.62. The van der Waals surface area contributed by atoms with Crippen molar-refractivity contribution in [3.63, 3.8) is 0 Å². The molecule has 0 aliphatic heterocycles. The van der Waals surface area contributed by atoms with Gasteiger partial charge in [0.2, 0.25) is 0 Å². The van der Waals surface area contributed by atoms with Crippen molar-refractivity contribution in [3.05, 3.63) is 46.7 Å². The number of carbonyl (C=O) groups is 1. The van der Waals surface area contributed by atoms with Crippen molar-refractivity contribution in [2.75, 3.05) is 14.2 Å². The van der Waals surface area contributed by atoms with Gasteiger partial charge in [0.15, 0.2) is 0 Å². The van der Waals surface area contributed by atoms with Gasteiger partial charge in [0.1, 0.15) is 28.9 Å². The van der Waals surface area contributed by atoms with Crippen molar-refractivity contribution < 1.29 is 18.7 Å². The molecule has 0 saturated heterocycles. The fraction of sp³-hybridized carbons (Fsp3) is 0.125. The molecule has 0 bridgehead atoms. The number of methoxy groups -OCH3 is 2. The van der Waals surface area contributed by atoms with Gasteiger partial charge >= 0.3 is 5.97 Å². The predicted molar refractivity (Wildman–Crippen MR) is 81.3 cm³/mol. The van der Waals surface area contributed by atoms with Gasteiger partial charge in [0, 0.05) is 11.6 Å². The fourth-order valence-corrected chi connectivity index (χ4v) is 2.05. The number of esters is 1. The highest BCUT2D eigenvalue weighted by Crippen LogP contribution is 2.31. The van der Waals surface area contributed by atoms with Crippen LogP contribution in [0.15, 0.2) is 40.3 Å². The first-order valence-corrected chi connectivity index (χ1v) is 6.60. The topological polar surface area (TPSA) is 72.5 Å². The van der Waals surface area contributed by atoms with Crippen LogP contribution in [-0.2, 0) is 9.53 Å². The molecule has 0 fully saturated rings. The average Bonchev–Trinajstić information content (AvgIpc) is 3.00. The molecule has 0 unspecified atom stereocenters. The van der Waals surface area contributed by atoms with Gasteiger partial charge in [-0.1, -0.05) is 11.6 Å². The SMILES string of the molecule is COC(=O)/C(C#N)=C/c1ccc(-c2ccc(OC)c(Cl)c2)o1. The van der Waals surface area contributed by atoms with Gasteiger partial charge < -0.3 is 13.9 Å². The Morgan fingerprint density at radius 2 is 2.09 bits per heavy atom. The van der Waals surface area contributed by atoms with Crippen LogP contribution in [0.3, 0.4) is 0 Å². The van der Waals surface area contributed by atoms with Crippen LogP contribution in [0.25, 0.3) is 17.4 Å². The van der Waals surface area contributed by atoms with Crippen molar-refractivity contribution in [2.24, 2.45) is 0 Å². The third-order valence-electron chi connectivity index (χ3n) is 2.88. The first-order valence-electron chi connectivity index (χ1n) is 6.23. The molecule has 2 aromatic rings. The maximum absolute atomic E-state index is 11.4. The Balaban J connectivity index is 2.32. The molecule has 112 valence electrons. The number of benzene rings is 1. The Hall–Kier alpha value is -2.71. The molecule has 5 nitrogen and oxygen atoms in total. The summed E-state index contributed by atoms with van der Waals surface area (Å²) in [4.78, 5) is 11.4. The Bertz CT molecular complexity index is 771. The normalized spacial score (nSPS) is 10.9. The van der Waals surface area contributed by atoms with E-state index in [1.165, 1.54) is 20.3 Å². The van der Waals surface area contributed by atoms with E-state index in [0.29, 0.717) is 22.3 Å². The highest BCUT2D eigenvalue weighted by atomic mass is 35.5. The van der Waals surface area contributed by atoms with Gasteiger partial charge in [-0.15, -0.1) is 0 Å². The average molecular weight is 318 g/mol. The molecule has 0 amide bonds. The number of nitriles is 1. The van der Waals surface area contributed by atoms with Gasteiger partial charge in [-0.25, -0.2) is 4.79 Å². The van der Waals surface area contributed by atoms with E-state index in [9.17, 15) is 4.79 Å². The van der Waals surface area contributed by atoms with Crippen LogP contribution in [0.2, 0.25) is 5.02 Å². The second-order valence-electron chi connectivity index (χ2n) is 4.21. The molecular weight excluding hydrogens is 306 g/mol. The minimum Gasteiger partial charge on any atom is -0.495 e. The van der Waals surface area contributed by atoms with Crippen molar-refractivity contribution in [1.82, 2.24) is 0 Å². The van der Waals surface area contributed by atoms with Gasteiger partial charge in [-0.05, 0) is 30.3 Å². The van der Waals surface area contributed by atoms with E-state index in [1.54, 1.807) is 36.4 Å². The number of hydrogen-bond donors (Lipinski definition) is 0. The van der Waals surface area contributed by atoms with Crippen LogP contribution in [0.1, 0.15) is 5.76 Å². The zero-order valence-electron chi connectivity index (χ0n) is 11.9. The number of furan rings is 1. The third-order valence-corrected chi connectivity index (χ3v) is 3.17. The first-order chi connectivity index (χ1) is 10.6. The molecule has 0 atom stereocenters. The molecule has 0 radical (unpaired) electrons. The molecule has 22 heavy (non-hydrogen) atoms. The number of hydrogen-bond acceptors (Lipinski definition) is 5. The number of ether oxygens (including phenoxy) is 2. The molecule has 1 aromatic carbocycles. The maximum atomic E-state index is 11.4. The van der Waals surface area contributed by atoms with Gasteiger partial charge in [0.05, 0.1) is 19.2 Å². The summed E-state index contributed by atoms with van der Waals surface area (Å²) in [5.74, 6) is 0.768. The van der Waals surface area contributed by atoms with E-state index in [0.717, 1.165) is 5.56 Å². The fourth-order valence-electron chi connectivity index (χ4n) is 1.79. The smallest absolute Gasteiger partial charge is 0.348 e. The van der Waals surface area contributed by atoms with Crippen molar-refractivity contribution in [3.8, 4) is 23.1 Å². The monoisotopic (exact) mass is 317 g/mol. The summed E-state index contributed by atoms with van der Waals surface area (Å²) >= 11 is 6.07. The summed E-state index contributed by atoms with van der Waals surface area (Å²) in [6.45, 7) is 0. The molecule has 0 N–H and O–H groups in total. The highest BCUT2D eigenvalue weighted by molar-refractivity contribution is 6.32. The maximum Gasteiger partial charge on any atom is 0.348 e. The largest absolute Gasteiger partial charge is 0.495 e. The molecule has 1 aromatic heterocycles. The van der Waals surface area contributed by atoms with Crippen LogP contribution in [0, 0.1) is 11.3 Å². The quantitative estimate of drug-likeness (QED) is 0.488. The number of nitrogens with zero attached hydrogens (tertiary/aromatic N) is 1. The Morgan fingerprint density at radius 1 is 1.32 bits per heavy atom. The van der Waals surface area contributed by atoms with E-state index in [1.807, 2.05) is 0 Å². The summed E-state index contributed by atoms with van der Waals surface area (Å²) in [5.41, 5.74) is 0.609. The van der Waals surface area contributed by atoms with Crippen molar-refractivity contribution in [2.45, 2.75) is 0 Å². The van der Waals surface area contributed by atoms with Gasteiger partial charge in [0.25, 0.3) is 0 Å². The molecule has 0 aliphatic carbocycles. The van der Waals surface area contributed by atoms with E-state index < -0.39 is 5.97 Å². The van der Waals surface area contributed by atoms with E-state index in [-0.39, 0.29) is 5.57 Å². The third kappa shape index (κ3) is 3.30. The standard InChI is InChI=1S/C16H12ClNO4/c1-20-15-5-3-10(8-13(15)17)14-6-4-12(22-14)7-11(9-18)16(19)21-2/h3-8H,1-2H3/b11-7+. The second kappa shape index (κ2) is 6.83. The highest BCUT2D eigenvalue weighted by Gasteiger charge is 2.11. The zero-order chi connectivity index (χ0) is 16.1. The Labute approximate surface area is 132 Å². The van der Waals surface area contributed by atoms with Crippen molar-refractivity contribution in [1.29, 1.82) is 5.26 Å². The van der Waals surface area contributed by atoms with Gasteiger partial charge in [-0.2, -0.15) is 5.26 Å². The van der Waals surface area contributed by atoms with Crippen LogP contribution in [0.4, 0.5) is 0 Å². The predicted octanol–water partition coefficient (Wildman–Crippen LogP) is 3.69. The van der Waals surface area contributed by atoms with E-state index in [2.05, 4.69) is 4.74 Å². The molecule has 6 heteroatoms. The summed E-state index contributed by atoms with van der Waals surface area (Å²) in [5, 5.41) is 9.37. The number of halogens is 1. The minimum absolute atomic E-state index is 0.142. The van der Waals surface area contributed by atoms with Crippen molar-refractivity contribution >= 4 is 23.6 Å². The minimum atomic E-state index is -0.715. The molecule has 0 spiro atoms. The van der Waals surface area contributed by atoms with Gasteiger partial charge in [-0.3, -0.25) is 0 Å². The molecular formula is C16H12ClNO4. The van der Waals surface area contributed by atoms with Crippen LogP contribution in [-0.4, -0.2) is 20.2 Å². The lowest BCUT2D eigenvalue weighted by molar-refractivity contribution is -0.135. The lowest BCUT2D eigenvalue weighted by atomic mass is 10.1. The molecule has 0 aliphatic rings. The summed E-state index contributed by atoms with van der Waals surface area (Å²) in [7, 11) is 2.74. The lowest BCUT2D eigenvalue weighted by Gasteiger charge is -2.04. The van der Waals surface area contributed by atoms with Crippen LogP contribution >= 0.6 is 11.6 Å². The summed E-state index contributed by atoms with van der Waals surface area (Å²) in [6, 6.07) is 10.4. The summed E-state index contributed by atoms with van der Waals surface area (Å²) in [6.07, 6.45) is 1.32. The Kier molecular flexibility index (Phi) is 4.87. The number of rotatable bonds is 4. The first kappa shape index (κ1) is 15.7. The number of carbonyl (C=O) groups excluding carboxylic acids is 1. The molecule has 1 heterocycles. The van der Waals surface area contributed by atoms with E-state index in [4.69, 9.17) is 26.0 Å². The van der Waals surface area contributed by atoms with Crippen LogP contribution in [0.5, 0.6) is 5.75 Å². The van der Waals surface area contributed by atoms with E-state index >= 15 is 0 Å². The Morgan fingerprint density at radius 3 is 2.68 bits per heavy atom. The molecule has 2 rings (SSSR count). The molecule has 0 saturated carbocycles. The lowest BCUT2D eigenvalue weighted by Crippen LogP contribution is -2.02. The summed E-state index contributed by atoms with van der Waals surface area (Å²) < 4.78 is 15.2.